The highest BCUT2D eigenvalue weighted by Gasteiger charge is 2.53. The third-order valence-electron chi connectivity index (χ3n) is 5.54. The lowest BCUT2D eigenvalue weighted by Crippen LogP contribution is -2.48. The van der Waals surface area contributed by atoms with Crippen LogP contribution in [0, 0.1) is 23.2 Å². The van der Waals surface area contributed by atoms with E-state index >= 15 is 0 Å². The maximum atomic E-state index is 12.5. The number of allylic oxidation sites excluding steroid dienone is 2. The third-order valence-corrected chi connectivity index (χ3v) is 5.54. The van der Waals surface area contributed by atoms with Crippen molar-refractivity contribution in [1.82, 2.24) is 10.2 Å². The SMILES string of the molecule is C[C@H]1C(=O)C(C#N)=C[C@]2(c3ccc(O)cc3)c3n[nH]cc3CC[C@H]12. The van der Waals surface area contributed by atoms with Gasteiger partial charge in [0.2, 0.25) is 0 Å². The topological polar surface area (TPSA) is 89.8 Å². The Morgan fingerprint density at radius 3 is 2.83 bits per heavy atom. The molecule has 4 rings (SSSR count). The number of nitriles is 1. The maximum Gasteiger partial charge on any atom is 0.176 e. The van der Waals surface area contributed by atoms with Crippen LogP contribution in [0.5, 0.6) is 5.75 Å². The van der Waals surface area contributed by atoms with Gasteiger partial charge in [0.1, 0.15) is 11.8 Å². The number of H-pyrrole nitrogens is 1. The molecule has 3 atom stereocenters. The van der Waals surface area contributed by atoms with Gasteiger partial charge in [0, 0.05) is 12.1 Å². The van der Waals surface area contributed by atoms with Crippen molar-refractivity contribution in [3.63, 3.8) is 0 Å². The first kappa shape index (κ1) is 14.7. The number of aromatic nitrogens is 2. The monoisotopic (exact) mass is 319 g/mol. The predicted molar refractivity (Wildman–Crippen MR) is 87.2 cm³/mol. The van der Waals surface area contributed by atoms with Crippen LogP contribution in [0.25, 0.3) is 0 Å². The first-order chi connectivity index (χ1) is 11.6. The highest BCUT2D eigenvalue weighted by Crippen LogP contribution is 2.53. The van der Waals surface area contributed by atoms with E-state index in [0.717, 1.165) is 29.7 Å². The number of phenols is 1. The summed E-state index contributed by atoms with van der Waals surface area (Å²) >= 11 is 0. The average molecular weight is 319 g/mol. The zero-order valence-electron chi connectivity index (χ0n) is 13.3. The molecule has 5 nitrogen and oxygen atoms in total. The lowest BCUT2D eigenvalue weighted by atomic mass is 9.54. The second-order valence-corrected chi connectivity index (χ2v) is 6.64. The van der Waals surface area contributed by atoms with Gasteiger partial charge in [-0.2, -0.15) is 10.4 Å². The number of phenolic OH excluding ortho intramolecular Hbond substituents is 1. The summed E-state index contributed by atoms with van der Waals surface area (Å²) in [5.41, 5.74) is 2.54. The number of aromatic amines is 1. The Morgan fingerprint density at radius 1 is 1.38 bits per heavy atom. The van der Waals surface area contributed by atoms with Crippen molar-refractivity contribution in [2.24, 2.45) is 11.8 Å². The van der Waals surface area contributed by atoms with E-state index in [1.54, 1.807) is 18.2 Å². The smallest absolute Gasteiger partial charge is 0.176 e. The Balaban J connectivity index is 2.06. The summed E-state index contributed by atoms with van der Waals surface area (Å²) in [5.74, 6) is -0.101. The molecule has 0 saturated heterocycles. The second kappa shape index (κ2) is 5.07. The van der Waals surface area contributed by atoms with Crippen molar-refractivity contribution in [2.75, 3.05) is 0 Å². The van der Waals surface area contributed by atoms with Crippen LogP contribution in [0.3, 0.4) is 0 Å². The third kappa shape index (κ3) is 1.80. The van der Waals surface area contributed by atoms with Gasteiger partial charge in [0.25, 0.3) is 0 Å². The van der Waals surface area contributed by atoms with Crippen LogP contribution in [-0.2, 0) is 16.6 Å². The number of Topliss-reactive ketones (excluding diaryl/α,β-unsaturated/α-hetero) is 1. The van der Waals surface area contributed by atoms with Crippen LogP contribution in [0.4, 0.5) is 0 Å². The van der Waals surface area contributed by atoms with E-state index in [0.29, 0.717) is 0 Å². The summed E-state index contributed by atoms with van der Waals surface area (Å²) in [5, 5.41) is 26.5. The highest BCUT2D eigenvalue weighted by atomic mass is 16.3. The average Bonchev–Trinajstić information content (AvgIpc) is 3.08. The Hall–Kier alpha value is -2.87. The zero-order chi connectivity index (χ0) is 16.9. The number of rotatable bonds is 1. The lowest BCUT2D eigenvalue weighted by molar-refractivity contribution is -0.121. The Bertz CT molecular complexity index is 888. The van der Waals surface area contributed by atoms with Gasteiger partial charge in [0.15, 0.2) is 5.78 Å². The minimum Gasteiger partial charge on any atom is -0.508 e. The van der Waals surface area contributed by atoms with Crippen LogP contribution < -0.4 is 0 Å². The van der Waals surface area contributed by atoms with Gasteiger partial charge in [-0.1, -0.05) is 19.1 Å². The number of carbonyl (C=O) groups excluding carboxylic acids is 1. The first-order valence-electron chi connectivity index (χ1n) is 8.07. The molecule has 0 radical (unpaired) electrons. The molecule has 24 heavy (non-hydrogen) atoms. The Kier molecular flexibility index (Phi) is 3.10. The minimum atomic E-state index is -0.611. The number of nitrogens with zero attached hydrogens (tertiary/aromatic N) is 2. The molecule has 0 saturated carbocycles. The summed E-state index contributed by atoms with van der Waals surface area (Å²) in [6, 6.07) is 9.08. The van der Waals surface area contributed by atoms with E-state index in [1.807, 2.05) is 25.3 Å². The maximum absolute atomic E-state index is 12.5. The number of carbonyl (C=O) groups is 1. The Labute approximate surface area is 139 Å². The van der Waals surface area contributed by atoms with Crippen LogP contribution in [0.2, 0.25) is 0 Å². The molecular formula is C19H17N3O2. The van der Waals surface area contributed by atoms with Crippen molar-refractivity contribution < 1.29 is 9.90 Å². The van der Waals surface area contributed by atoms with E-state index < -0.39 is 5.41 Å². The number of hydrogen-bond donors (Lipinski definition) is 2. The minimum absolute atomic E-state index is 0.0439. The summed E-state index contributed by atoms with van der Waals surface area (Å²) in [6.07, 6.45) is 5.42. The molecule has 1 heterocycles. The quantitative estimate of drug-likeness (QED) is 0.845. The molecular weight excluding hydrogens is 302 g/mol. The molecule has 0 spiro atoms. The lowest BCUT2D eigenvalue weighted by Gasteiger charge is -2.46. The number of fused-ring (bicyclic) bond motifs is 3. The van der Waals surface area contributed by atoms with Crippen molar-refractivity contribution in [3.05, 3.63) is 58.9 Å². The van der Waals surface area contributed by atoms with E-state index in [9.17, 15) is 15.2 Å². The second-order valence-electron chi connectivity index (χ2n) is 6.64. The molecule has 5 heteroatoms. The molecule has 0 bridgehead atoms. The van der Waals surface area contributed by atoms with Crippen molar-refractivity contribution in [1.29, 1.82) is 5.26 Å². The fourth-order valence-corrected chi connectivity index (χ4v) is 4.38. The predicted octanol–water partition coefficient (Wildman–Crippen LogP) is 2.63. The van der Waals surface area contributed by atoms with Crippen LogP contribution in [-0.4, -0.2) is 21.1 Å². The molecule has 120 valence electrons. The molecule has 0 amide bonds. The van der Waals surface area contributed by atoms with E-state index in [1.165, 1.54) is 0 Å². The van der Waals surface area contributed by atoms with E-state index in [-0.39, 0.29) is 28.9 Å². The molecule has 0 aliphatic heterocycles. The molecule has 1 aromatic carbocycles. The molecule has 2 aliphatic carbocycles. The number of ketones is 1. The summed E-state index contributed by atoms with van der Waals surface area (Å²) in [7, 11) is 0. The van der Waals surface area contributed by atoms with Crippen LogP contribution in [0.1, 0.15) is 30.2 Å². The van der Waals surface area contributed by atoms with E-state index in [4.69, 9.17) is 0 Å². The summed E-state index contributed by atoms with van der Waals surface area (Å²) in [6.45, 7) is 1.91. The number of benzene rings is 1. The Morgan fingerprint density at radius 2 is 2.12 bits per heavy atom. The number of aryl methyl sites for hydroxylation is 1. The molecule has 2 aliphatic rings. The first-order valence-corrected chi connectivity index (χ1v) is 8.07. The normalized spacial score (nSPS) is 28.5. The fourth-order valence-electron chi connectivity index (χ4n) is 4.38. The van der Waals surface area contributed by atoms with Gasteiger partial charge < -0.3 is 5.11 Å². The molecule has 2 aromatic rings. The zero-order valence-corrected chi connectivity index (χ0v) is 13.3. The molecule has 0 unspecified atom stereocenters. The molecule has 1 aromatic heterocycles. The number of hydrogen-bond acceptors (Lipinski definition) is 4. The van der Waals surface area contributed by atoms with Gasteiger partial charge >= 0.3 is 0 Å². The van der Waals surface area contributed by atoms with E-state index in [2.05, 4.69) is 16.3 Å². The number of nitrogens with one attached hydrogen (secondary N) is 1. The molecule has 2 N–H and O–H groups in total. The summed E-state index contributed by atoms with van der Waals surface area (Å²) in [4.78, 5) is 12.5. The van der Waals surface area contributed by atoms with Crippen molar-refractivity contribution in [3.8, 4) is 11.8 Å². The standard InChI is InChI=1S/C19H17N3O2/c1-11-16-7-2-12-10-21-22-18(12)19(16,8-13(9-20)17(11)24)14-3-5-15(23)6-4-14/h3-6,8,10-11,16,23H,2,7H2,1H3,(H,21,22)/t11-,16-,19-/m1/s1. The van der Waals surface area contributed by atoms with Crippen molar-refractivity contribution in [2.45, 2.75) is 25.2 Å². The highest BCUT2D eigenvalue weighted by molar-refractivity contribution is 6.02. The van der Waals surface area contributed by atoms with Crippen LogP contribution >= 0.6 is 0 Å². The number of aromatic hydroxyl groups is 1. The van der Waals surface area contributed by atoms with Gasteiger partial charge in [-0.05, 0) is 48.1 Å². The molecule has 0 fully saturated rings. The van der Waals surface area contributed by atoms with Gasteiger partial charge in [0.05, 0.1) is 16.7 Å². The largest absolute Gasteiger partial charge is 0.508 e. The van der Waals surface area contributed by atoms with Gasteiger partial charge in [-0.25, -0.2) is 0 Å². The van der Waals surface area contributed by atoms with Gasteiger partial charge in [-0.15, -0.1) is 0 Å². The van der Waals surface area contributed by atoms with Crippen molar-refractivity contribution >= 4 is 5.78 Å². The summed E-state index contributed by atoms with van der Waals surface area (Å²) < 4.78 is 0. The van der Waals surface area contributed by atoms with Crippen LogP contribution in [0.15, 0.2) is 42.1 Å². The van der Waals surface area contributed by atoms with Gasteiger partial charge in [-0.3, -0.25) is 9.89 Å². The fraction of sp³-hybridized carbons (Fsp3) is 0.316.